The highest BCUT2D eigenvalue weighted by molar-refractivity contribution is 6.04. The van der Waals surface area contributed by atoms with Crippen molar-refractivity contribution in [3.63, 3.8) is 0 Å². The summed E-state index contributed by atoms with van der Waals surface area (Å²) < 4.78 is 9.80. The largest absolute Gasteiger partial charge is 0.464 e. The zero-order valence-electron chi connectivity index (χ0n) is 11.9. The molecule has 0 amide bonds. The second-order valence-electron chi connectivity index (χ2n) is 4.40. The van der Waals surface area contributed by atoms with E-state index < -0.39 is 17.5 Å². The molecular formula is C15H21NO4. The summed E-state index contributed by atoms with van der Waals surface area (Å²) in [7, 11) is 0. The Morgan fingerprint density at radius 2 is 1.55 bits per heavy atom. The van der Waals surface area contributed by atoms with Crippen LogP contribution in [0.3, 0.4) is 0 Å². The first-order valence-electron chi connectivity index (χ1n) is 6.71. The molecule has 2 N–H and O–H groups in total. The standard InChI is InChI=1S/C15H21NO4/c1-3-19-13(17)15(16,14(18)20-4-2)11-10-12-8-6-5-7-9-12/h5-9H,3-4,10-11,16H2,1-2H3. The Balaban J connectivity index is 2.82. The van der Waals surface area contributed by atoms with E-state index in [1.807, 2.05) is 30.3 Å². The van der Waals surface area contributed by atoms with Crippen molar-refractivity contribution in [3.05, 3.63) is 35.9 Å². The van der Waals surface area contributed by atoms with Crippen molar-refractivity contribution in [1.29, 1.82) is 0 Å². The smallest absolute Gasteiger partial charge is 0.337 e. The van der Waals surface area contributed by atoms with Crippen molar-refractivity contribution >= 4 is 11.9 Å². The molecule has 1 aromatic carbocycles. The summed E-state index contributed by atoms with van der Waals surface area (Å²) in [6.45, 7) is 3.67. The first kappa shape index (κ1) is 16.2. The summed E-state index contributed by atoms with van der Waals surface area (Å²) in [5, 5.41) is 0. The van der Waals surface area contributed by atoms with Gasteiger partial charge in [-0.05, 0) is 32.3 Å². The molecule has 0 aliphatic carbocycles. The molecule has 0 bridgehead atoms. The fourth-order valence-corrected chi connectivity index (χ4v) is 1.79. The van der Waals surface area contributed by atoms with Crippen LogP contribution in [0.4, 0.5) is 0 Å². The molecule has 0 saturated heterocycles. The Kier molecular flexibility index (Phi) is 6.18. The quantitative estimate of drug-likeness (QED) is 0.603. The lowest BCUT2D eigenvalue weighted by molar-refractivity contribution is -0.164. The van der Waals surface area contributed by atoms with Gasteiger partial charge in [0, 0.05) is 0 Å². The highest BCUT2D eigenvalue weighted by Crippen LogP contribution is 2.16. The summed E-state index contributed by atoms with van der Waals surface area (Å²) in [6, 6.07) is 9.51. The molecule has 0 atom stereocenters. The van der Waals surface area contributed by atoms with Gasteiger partial charge in [0.05, 0.1) is 13.2 Å². The average Bonchev–Trinajstić information content (AvgIpc) is 2.46. The van der Waals surface area contributed by atoms with Gasteiger partial charge in [0.25, 0.3) is 0 Å². The second-order valence-corrected chi connectivity index (χ2v) is 4.40. The number of carbonyl (C=O) groups is 2. The Hall–Kier alpha value is -1.88. The topological polar surface area (TPSA) is 78.6 Å². The van der Waals surface area contributed by atoms with Crippen LogP contribution in [-0.2, 0) is 25.5 Å². The lowest BCUT2D eigenvalue weighted by Crippen LogP contribution is -2.57. The summed E-state index contributed by atoms with van der Waals surface area (Å²) in [6.07, 6.45) is 0.643. The molecule has 0 unspecified atom stereocenters. The number of esters is 2. The van der Waals surface area contributed by atoms with Crippen molar-refractivity contribution < 1.29 is 19.1 Å². The highest BCUT2D eigenvalue weighted by Gasteiger charge is 2.44. The Labute approximate surface area is 119 Å². The van der Waals surface area contributed by atoms with E-state index in [1.165, 1.54) is 0 Å². The zero-order valence-corrected chi connectivity index (χ0v) is 11.9. The molecule has 0 aliphatic heterocycles. The predicted octanol–water partition coefficient (Wildman–Crippen LogP) is 1.44. The second kappa shape index (κ2) is 7.65. The Morgan fingerprint density at radius 3 is 2.00 bits per heavy atom. The van der Waals surface area contributed by atoms with E-state index in [2.05, 4.69) is 0 Å². The molecule has 5 nitrogen and oxygen atoms in total. The van der Waals surface area contributed by atoms with Gasteiger partial charge < -0.3 is 15.2 Å². The molecular weight excluding hydrogens is 258 g/mol. The van der Waals surface area contributed by atoms with Crippen molar-refractivity contribution in [1.82, 2.24) is 0 Å². The summed E-state index contributed by atoms with van der Waals surface area (Å²) in [5.41, 5.74) is 5.20. The number of rotatable bonds is 7. The minimum atomic E-state index is -1.75. The zero-order chi connectivity index (χ0) is 15.0. The van der Waals surface area contributed by atoms with E-state index in [0.29, 0.717) is 6.42 Å². The molecule has 0 heterocycles. The third-order valence-electron chi connectivity index (χ3n) is 2.93. The van der Waals surface area contributed by atoms with Gasteiger partial charge in [0.15, 0.2) is 0 Å². The van der Waals surface area contributed by atoms with Crippen LogP contribution in [0.25, 0.3) is 0 Å². The maximum Gasteiger partial charge on any atom is 0.337 e. The number of carbonyl (C=O) groups excluding carboxylic acids is 2. The first-order valence-corrected chi connectivity index (χ1v) is 6.71. The van der Waals surface area contributed by atoms with Gasteiger partial charge >= 0.3 is 11.9 Å². The van der Waals surface area contributed by atoms with E-state index in [1.54, 1.807) is 13.8 Å². The lowest BCUT2D eigenvalue weighted by Gasteiger charge is -2.24. The summed E-state index contributed by atoms with van der Waals surface area (Å²) in [5.74, 6) is -1.48. The van der Waals surface area contributed by atoms with E-state index in [-0.39, 0.29) is 19.6 Å². The van der Waals surface area contributed by atoms with Crippen molar-refractivity contribution in [2.45, 2.75) is 32.2 Å². The van der Waals surface area contributed by atoms with Crippen molar-refractivity contribution in [2.24, 2.45) is 5.73 Å². The summed E-state index contributed by atoms with van der Waals surface area (Å²) >= 11 is 0. The number of nitrogens with two attached hydrogens (primary N) is 1. The van der Waals surface area contributed by atoms with Gasteiger partial charge in [-0.3, -0.25) is 0 Å². The van der Waals surface area contributed by atoms with Crippen LogP contribution in [-0.4, -0.2) is 30.7 Å². The molecule has 1 rings (SSSR count). The van der Waals surface area contributed by atoms with Crippen LogP contribution in [0.1, 0.15) is 25.8 Å². The number of ether oxygens (including phenoxy) is 2. The molecule has 0 spiro atoms. The van der Waals surface area contributed by atoms with Crippen LogP contribution in [0.15, 0.2) is 30.3 Å². The van der Waals surface area contributed by atoms with Gasteiger partial charge in [-0.1, -0.05) is 30.3 Å². The van der Waals surface area contributed by atoms with Gasteiger partial charge in [0.2, 0.25) is 5.54 Å². The van der Waals surface area contributed by atoms with Gasteiger partial charge in [-0.2, -0.15) is 0 Å². The Morgan fingerprint density at radius 1 is 1.05 bits per heavy atom. The predicted molar refractivity (Wildman–Crippen MR) is 74.9 cm³/mol. The van der Waals surface area contributed by atoms with Crippen LogP contribution < -0.4 is 5.73 Å². The molecule has 1 aromatic rings. The molecule has 0 fully saturated rings. The molecule has 110 valence electrons. The average molecular weight is 279 g/mol. The third kappa shape index (κ3) is 4.06. The minimum Gasteiger partial charge on any atom is -0.464 e. The fourth-order valence-electron chi connectivity index (χ4n) is 1.79. The van der Waals surface area contributed by atoms with Crippen LogP contribution in [0.5, 0.6) is 0 Å². The molecule has 0 radical (unpaired) electrons. The molecule has 20 heavy (non-hydrogen) atoms. The highest BCUT2D eigenvalue weighted by atomic mass is 16.6. The molecule has 0 aromatic heterocycles. The fraction of sp³-hybridized carbons (Fsp3) is 0.467. The minimum absolute atomic E-state index is 0.147. The first-order chi connectivity index (χ1) is 9.54. The SMILES string of the molecule is CCOC(=O)C(N)(CCc1ccccc1)C(=O)OCC. The van der Waals surface area contributed by atoms with Gasteiger partial charge in [0.1, 0.15) is 0 Å². The Bertz CT molecular complexity index is 426. The van der Waals surface area contributed by atoms with E-state index >= 15 is 0 Å². The van der Waals surface area contributed by atoms with E-state index in [0.717, 1.165) is 5.56 Å². The number of hydrogen-bond acceptors (Lipinski definition) is 5. The van der Waals surface area contributed by atoms with E-state index in [9.17, 15) is 9.59 Å². The van der Waals surface area contributed by atoms with Crippen LogP contribution >= 0.6 is 0 Å². The monoisotopic (exact) mass is 279 g/mol. The van der Waals surface area contributed by atoms with Gasteiger partial charge in [-0.25, -0.2) is 9.59 Å². The van der Waals surface area contributed by atoms with Gasteiger partial charge in [-0.15, -0.1) is 0 Å². The van der Waals surface area contributed by atoms with Crippen LogP contribution in [0, 0.1) is 0 Å². The van der Waals surface area contributed by atoms with Crippen molar-refractivity contribution in [2.75, 3.05) is 13.2 Å². The number of benzene rings is 1. The molecule has 5 heteroatoms. The maximum absolute atomic E-state index is 12.0. The third-order valence-corrected chi connectivity index (χ3v) is 2.93. The number of hydrogen-bond donors (Lipinski definition) is 1. The molecule has 0 aliphatic rings. The normalized spacial score (nSPS) is 10.9. The van der Waals surface area contributed by atoms with E-state index in [4.69, 9.17) is 15.2 Å². The summed E-state index contributed by atoms with van der Waals surface area (Å²) in [4.78, 5) is 23.9. The lowest BCUT2D eigenvalue weighted by atomic mass is 9.92. The number of aryl methyl sites for hydroxylation is 1. The molecule has 0 saturated carbocycles. The van der Waals surface area contributed by atoms with Crippen LogP contribution in [0.2, 0.25) is 0 Å². The van der Waals surface area contributed by atoms with Crippen molar-refractivity contribution in [3.8, 4) is 0 Å². The maximum atomic E-state index is 12.0.